The summed E-state index contributed by atoms with van der Waals surface area (Å²) in [6.07, 6.45) is 1.93. The van der Waals surface area contributed by atoms with Crippen molar-refractivity contribution in [3.63, 3.8) is 0 Å². The Bertz CT molecular complexity index is 768. The van der Waals surface area contributed by atoms with E-state index in [4.69, 9.17) is 0 Å². The summed E-state index contributed by atoms with van der Waals surface area (Å²) < 4.78 is 10.4. The van der Waals surface area contributed by atoms with Crippen LogP contribution in [0.2, 0.25) is 0 Å². The van der Waals surface area contributed by atoms with Gasteiger partial charge in [-0.3, -0.25) is 0 Å². The molecule has 2 rings (SSSR count). The van der Waals surface area contributed by atoms with Gasteiger partial charge in [0.1, 0.15) is 0 Å². The highest BCUT2D eigenvalue weighted by molar-refractivity contribution is 9.16. The smallest absolute Gasteiger partial charge is 0.0482 e. The van der Waals surface area contributed by atoms with Crippen LogP contribution in [0, 0.1) is 0 Å². The van der Waals surface area contributed by atoms with Crippen molar-refractivity contribution in [2.75, 3.05) is 11.5 Å². The van der Waals surface area contributed by atoms with Crippen LogP contribution in [-0.4, -0.2) is 11.5 Å². The van der Waals surface area contributed by atoms with Crippen LogP contribution in [-0.2, 0) is 12.8 Å². The van der Waals surface area contributed by atoms with Gasteiger partial charge >= 0.3 is 0 Å². The molecule has 12 heteroatoms. The van der Waals surface area contributed by atoms with Crippen molar-refractivity contribution in [2.24, 2.45) is 0 Å². The molecule has 0 heterocycles. The molecular weight excluding hydrogens is 1060 g/mol. The first-order chi connectivity index (χ1) is 13.1. The highest BCUT2D eigenvalue weighted by atomic mass is 79.9. The molecule has 2 aromatic rings. The van der Waals surface area contributed by atoms with E-state index in [1.165, 1.54) is 11.1 Å². The Balaban J connectivity index is 1.93. The molecule has 0 radical (unpaired) electrons. The standard InChI is InChI=1S/C16H8Br10S2/c17-7-5(8(18)12(22)15(25)11(7)21)1-3-27-28-4-2-6-9(19)13(23)16(26)14(24)10(6)20/h1-4H2. The van der Waals surface area contributed by atoms with Gasteiger partial charge in [0.15, 0.2) is 0 Å². The molecule has 0 fully saturated rings. The van der Waals surface area contributed by atoms with Crippen molar-refractivity contribution >= 4 is 181 Å². The van der Waals surface area contributed by atoms with E-state index in [0.29, 0.717) is 0 Å². The Hall–Kier alpha value is 3.94. The lowest BCUT2D eigenvalue weighted by Crippen LogP contribution is -1.96. The molecule has 0 atom stereocenters. The van der Waals surface area contributed by atoms with E-state index in [0.717, 1.165) is 69.1 Å². The molecule has 0 bridgehead atoms. The van der Waals surface area contributed by atoms with Crippen LogP contribution in [0.15, 0.2) is 44.7 Å². The second-order valence-electron chi connectivity index (χ2n) is 5.24. The van der Waals surface area contributed by atoms with Gasteiger partial charge in [-0.1, -0.05) is 21.6 Å². The Morgan fingerprint density at radius 1 is 0.357 bits per heavy atom. The predicted molar refractivity (Wildman–Crippen MR) is 162 cm³/mol. The molecule has 0 aliphatic heterocycles. The van der Waals surface area contributed by atoms with Crippen molar-refractivity contribution in [3.05, 3.63) is 55.9 Å². The van der Waals surface area contributed by atoms with Gasteiger partial charge in [-0.05, 0) is 183 Å². The minimum absolute atomic E-state index is 0.964. The van der Waals surface area contributed by atoms with Gasteiger partial charge in [0.25, 0.3) is 0 Å². The van der Waals surface area contributed by atoms with Gasteiger partial charge in [0.2, 0.25) is 0 Å². The van der Waals surface area contributed by atoms with E-state index < -0.39 is 0 Å². The van der Waals surface area contributed by atoms with Gasteiger partial charge in [0, 0.05) is 56.2 Å². The maximum absolute atomic E-state index is 3.70. The summed E-state index contributed by atoms with van der Waals surface area (Å²) >= 11 is 36.5. The fourth-order valence-corrected chi connectivity index (χ4v) is 11.2. The quantitative estimate of drug-likeness (QED) is 0.117. The molecular formula is C16H8Br10S2. The topological polar surface area (TPSA) is 0 Å². The van der Waals surface area contributed by atoms with Crippen molar-refractivity contribution in [3.8, 4) is 0 Å². The number of benzene rings is 2. The zero-order valence-corrected chi connectivity index (χ0v) is 30.9. The lowest BCUT2D eigenvalue weighted by atomic mass is 10.2. The van der Waals surface area contributed by atoms with Crippen LogP contribution in [0.4, 0.5) is 0 Å². The lowest BCUT2D eigenvalue weighted by Gasteiger charge is -2.14. The Labute approximate surface area is 256 Å². The molecule has 154 valence electrons. The van der Waals surface area contributed by atoms with Crippen molar-refractivity contribution < 1.29 is 0 Å². The first-order valence-corrected chi connectivity index (χ1v) is 17.8. The number of hydrogen-bond acceptors (Lipinski definition) is 2. The van der Waals surface area contributed by atoms with Gasteiger partial charge < -0.3 is 0 Å². The first-order valence-electron chi connectivity index (χ1n) is 7.34. The highest BCUT2D eigenvalue weighted by Crippen LogP contribution is 2.46. The molecule has 0 aliphatic carbocycles. The molecule has 0 nitrogen and oxygen atoms in total. The molecule has 2 aromatic carbocycles. The normalized spacial score (nSPS) is 11.4. The fraction of sp³-hybridized carbons (Fsp3) is 0.250. The van der Waals surface area contributed by atoms with E-state index in [1.54, 1.807) is 0 Å². The van der Waals surface area contributed by atoms with Gasteiger partial charge in [-0.25, -0.2) is 0 Å². The lowest BCUT2D eigenvalue weighted by molar-refractivity contribution is 1.11. The maximum Gasteiger partial charge on any atom is 0.0482 e. The first kappa shape index (κ1) is 28.2. The third-order valence-electron chi connectivity index (χ3n) is 3.56. The summed E-state index contributed by atoms with van der Waals surface area (Å²) in [7, 11) is 3.79. The molecule has 0 amide bonds. The Morgan fingerprint density at radius 2 is 0.571 bits per heavy atom. The minimum atomic E-state index is 0.964. The van der Waals surface area contributed by atoms with Gasteiger partial charge in [-0.2, -0.15) is 0 Å². The zero-order valence-electron chi connectivity index (χ0n) is 13.4. The Kier molecular flexibility index (Phi) is 13.2. The van der Waals surface area contributed by atoms with Crippen molar-refractivity contribution in [2.45, 2.75) is 12.8 Å². The monoisotopic (exact) mass is 1050 g/mol. The molecule has 0 N–H and O–H groups in total. The van der Waals surface area contributed by atoms with Crippen LogP contribution >= 0.6 is 181 Å². The van der Waals surface area contributed by atoms with Crippen LogP contribution in [0.3, 0.4) is 0 Å². The van der Waals surface area contributed by atoms with Gasteiger partial charge in [-0.15, -0.1) is 0 Å². The molecule has 28 heavy (non-hydrogen) atoms. The number of rotatable bonds is 7. The van der Waals surface area contributed by atoms with E-state index in [1.807, 2.05) is 21.6 Å². The summed E-state index contributed by atoms with van der Waals surface area (Å²) in [5, 5.41) is 0. The number of halogens is 10. The Morgan fingerprint density at radius 3 is 0.821 bits per heavy atom. The average molecular weight is 1060 g/mol. The van der Waals surface area contributed by atoms with Crippen molar-refractivity contribution in [1.29, 1.82) is 0 Å². The number of hydrogen-bond donors (Lipinski definition) is 0. The maximum atomic E-state index is 3.70. The van der Waals surface area contributed by atoms with Crippen LogP contribution in [0.25, 0.3) is 0 Å². The molecule has 0 spiro atoms. The molecule has 0 aromatic heterocycles. The predicted octanol–water partition coefficient (Wildman–Crippen LogP) is 12.5. The zero-order chi connectivity index (χ0) is 21.2. The molecule has 0 unspecified atom stereocenters. The minimum Gasteiger partial charge on any atom is -0.0938 e. The highest BCUT2D eigenvalue weighted by Gasteiger charge is 2.18. The third kappa shape index (κ3) is 6.75. The summed E-state index contributed by atoms with van der Waals surface area (Å²) in [5.74, 6) is 2.05. The van der Waals surface area contributed by atoms with Crippen LogP contribution < -0.4 is 0 Å². The van der Waals surface area contributed by atoms with Gasteiger partial charge in [0.05, 0.1) is 0 Å². The van der Waals surface area contributed by atoms with E-state index in [2.05, 4.69) is 159 Å². The van der Waals surface area contributed by atoms with E-state index in [-0.39, 0.29) is 0 Å². The second kappa shape index (κ2) is 13.1. The fourth-order valence-electron chi connectivity index (χ4n) is 2.15. The summed E-state index contributed by atoms with van der Waals surface area (Å²) in [5.41, 5.74) is 2.50. The van der Waals surface area contributed by atoms with Crippen molar-refractivity contribution in [1.82, 2.24) is 0 Å². The summed E-state index contributed by atoms with van der Waals surface area (Å²) in [4.78, 5) is 0. The SMILES string of the molecule is Brc1c(Br)c(Br)c(CCSSCCc2c(Br)c(Br)c(Br)c(Br)c2Br)c(Br)c1Br. The molecule has 0 saturated carbocycles. The molecule has 0 saturated heterocycles. The largest absolute Gasteiger partial charge is 0.0938 e. The summed E-state index contributed by atoms with van der Waals surface area (Å²) in [6.45, 7) is 0. The van der Waals surface area contributed by atoms with Crippen LogP contribution in [0.5, 0.6) is 0 Å². The van der Waals surface area contributed by atoms with Crippen LogP contribution in [0.1, 0.15) is 11.1 Å². The van der Waals surface area contributed by atoms with E-state index >= 15 is 0 Å². The average Bonchev–Trinajstić information content (AvgIpc) is 2.68. The van der Waals surface area contributed by atoms with E-state index in [9.17, 15) is 0 Å². The second-order valence-corrected chi connectivity index (χ2v) is 15.9. The summed E-state index contributed by atoms with van der Waals surface area (Å²) in [6, 6.07) is 0. The molecule has 0 aliphatic rings. The third-order valence-corrected chi connectivity index (χ3v) is 18.5.